The number of terminal acetylenes is 1. The number of H-pyrrole nitrogens is 1. The van der Waals surface area contributed by atoms with Crippen LogP contribution in [0.1, 0.15) is 13.2 Å². The molecule has 1 fully saturated rings. The summed E-state index contributed by atoms with van der Waals surface area (Å²) in [5.41, 5.74) is 2.80. The van der Waals surface area contributed by atoms with Crippen molar-refractivity contribution in [1.82, 2.24) is 19.5 Å². The summed E-state index contributed by atoms with van der Waals surface area (Å²) < 4.78 is 6.71. The van der Waals surface area contributed by atoms with Gasteiger partial charge in [-0.3, -0.25) is 14.3 Å². The molecule has 0 amide bonds. The Morgan fingerprint density at radius 3 is 2.96 bits per heavy atom. The summed E-state index contributed by atoms with van der Waals surface area (Å²) in [5, 5.41) is 30.5. The van der Waals surface area contributed by atoms with E-state index in [2.05, 4.69) is 20.9 Å². The van der Waals surface area contributed by atoms with Gasteiger partial charge < -0.3 is 25.8 Å². The molecular weight excluding hydrogens is 306 g/mol. The molecule has 3 heterocycles. The van der Waals surface area contributed by atoms with Crippen LogP contribution < -0.4 is 11.3 Å². The fourth-order valence-electron chi connectivity index (χ4n) is 2.65. The molecule has 0 aliphatic carbocycles. The lowest BCUT2D eigenvalue weighted by atomic mass is 9.93. The minimum Gasteiger partial charge on any atom is -0.391 e. The summed E-state index contributed by atoms with van der Waals surface area (Å²) >= 11 is 0. The first-order valence-electron chi connectivity index (χ1n) is 6.73. The third-order valence-electron chi connectivity index (χ3n) is 3.83. The van der Waals surface area contributed by atoms with Gasteiger partial charge in [-0.05, 0) is 6.92 Å². The van der Waals surface area contributed by atoms with Crippen LogP contribution in [0.3, 0.4) is 0 Å². The first kappa shape index (κ1) is 15.4. The van der Waals surface area contributed by atoms with Gasteiger partial charge in [0.25, 0.3) is 5.56 Å². The number of fused-ring (bicyclic) bond motifs is 1. The highest BCUT2D eigenvalue weighted by Gasteiger charge is 2.57. The van der Waals surface area contributed by atoms with Crippen molar-refractivity contribution in [1.29, 1.82) is 0 Å². The van der Waals surface area contributed by atoms with E-state index in [0.717, 1.165) is 0 Å². The quantitative estimate of drug-likeness (QED) is 0.386. The number of aromatic amines is 1. The second-order valence-electron chi connectivity index (χ2n) is 5.38. The number of nitrogens with zero attached hydrogens (tertiary/aromatic N) is 3. The largest absolute Gasteiger partial charge is 0.391 e. The fraction of sp³-hybridized carbons (Fsp3) is 0.462. The molecule has 122 valence electrons. The number of nitrogen functional groups attached to an aromatic ring is 1. The van der Waals surface area contributed by atoms with Gasteiger partial charge >= 0.3 is 0 Å². The molecule has 2 aromatic heterocycles. The number of hydrogen-bond donors (Lipinski definition) is 5. The van der Waals surface area contributed by atoms with E-state index in [1.54, 1.807) is 0 Å². The molecule has 1 unspecified atom stereocenters. The minimum atomic E-state index is -2.14. The van der Waals surface area contributed by atoms with Crippen molar-refractivity contribution in [2.75, 3.05) is 5.73 Å². The number of ether oxygens (including phenoxy) is 1. The molecule has 1 saturated heterocycles. The fourth-order valence-corrected chi connectivity index (χ4v) is 2.65. The van der Waals surface area contributed by atoms with Crippen molar-refractivity contribution in [2.24, 2.45) is 0 Å². The van der Waals surface area contributed by atoms with Crippen LogP contribution in [0, 0.1) is 12.3 Å². The van der Waals surface area contributed by atoms with Crippen molar-refractivity contribution in [3.8, 4) is 12.3 Å². The zero-order valence-corrected chi connectivity index (χ0v) is 12.0. The first-order chi connectivity index (χ1) is 10.8. The lowest BCUT2D eigenvalue weighted by Gasteiger charge is -2.26. The maximum absolute atomic E-state index is 11.8. The number of hydrogen-bond acceptors (Lipinski definition) is 8. The SMILES string of the molecule is C#CC1(O)[C@@H](O)[C@@H]([C@H](C)O)O[C@H]1n1cnc2c(=O)[nH]c(N)nc21. The summed E-state index contributed by atoms with van der Waals surface area (Å²) in [7, 11) is 0. The molecule has 23 heavy (non-hydrogen) atoms. The number of aliphatic hydroxyl groups is 3. The monoisotopic (exact) mass is 321 g/mol. The van der Waals surface area contributed by atoms with Gasteiger partial charge in [-0.15, -0.1) is 6.42 Å². The number of imidazole rings is 1. The third-order valence-corrected chi connectivity index (χ3v) is 3.83. The topological polar surface area (TPSA) is 160 Å². The molecular formula is C13H15N5O5. The van der Waals surface area contributed by atoms with E-state index in [1.807, 2.05) is 0 Å². The molecule has 6 N–H and O–H groups in total. The maximum atomic E-state index is 11.8. The normalized spacial score (nSPS) is 32.0. The van der Waals surface area contributed by atoms with Crippen molar-refractivity contribution in [2.45, 2.75) is 37.1 Å². The minimum absolute atomic E-state index is 0.0304. The Hall–Kier alpha value is -2.45. The Labute approximate surface area is 129 Å². The molecule has 0 aromatic carbocycles. The lowest BCUT2D eigenvalue weighted by molar-refractivity contribution is -0.0846. The summed E-state index contributed by atoms with van der Waals surface area (Å²) in [6, 6.07) is 0. The molecule has 0 spiro atoms. The second-order valence-corrected chi connectivity index (χ2v) is 5.38. The Bertz CT molecular complexity index is 853. The average Bonchev–Trinajstić information content (AvgIpc) is 3.00. The number of anilines is 1. The van der Waals surface area contributed by atoms with Crippen LogP contribution in [0.4, 0.5) is 5.95 Å². The van der Waals surface area contributed by atoms with E-state index < -0.39 is 35.7 Å². The molecule has 1 aliphatic heterocycles. The molecule has 2 aromatic rings. The van der Waals surface area contributed by atoms with E-state index in [1.165, 1.54) is 17.8 Å². The van der Waals surface area contributed by atoms with Crippen LogP contribution in [0.15, 0.2) is 11.1 Å². The molecule has 3 rings (SSSR count). The second kappa shape index (κ2) is 5.04. The zero-order valence-electron chi connectivity index (χ0n) is 12.0. The average molecular weight is 321 g/mol. The predicted octanol–water partition coefficient (Wildman–Crippen LogP) is -2.29. The summed E-state index contributed by atoms with van der Waals surface area (Å²) in [4.78, 5) is 22.0. The Morgan fingerprint density at radius 1 is 1.65 bits per heavy atom. The number of aliphatic hydroxyl groups excluding tert-OH is 2. The smallest absolute Gasteiger partial charge is 0.280 e. The van der Waals surface area contributed by atoms with Gasteiger partial charge in [0.05, 0.1) is 12.4 Å². The summed E-state index contributed by atoms with van der Waals surface area (Å²) in [6.07, 6.45) is 1.47. The summed E-state index contributed by atoms with van der Waals surface area (Å²) in [5.74, 6) is 1.93. The van der Waals surface area contributed by atoms with Gasteiger partial charge in [-0.25, -0.2) is 4.98 Å². The van der Waals surface area contributed by atoms with Crippen molar-refractivity contribution < 1.29 is 20.1 Å². The van der Waals surface area contributed by atoms with Crippen LogP contribution in [0.2, 0.25) is 0 Å². The number of rotatable bonds is 2. The van der Waals surface area contributed by atoms with Gasteiger partial charge in [0.15, 0.2) is 23.0 Å². The highest BCUT2D eigenvalue weighted by molar-refractivity contribution is 5.70. The molecule has 0 saturated carbocycles. The number of nitrogens with one attached hydrogen (secondary N) is 1. The first-order valence-corrected chi connectivity index (χ1v) is 6.73. The van der Waals surface area contributed by atoms with Crippen LogP contribution >= 0.6 is 0 Å². The van der Waals surface area contributed by atoms with E-state index in [4.69, 9.17) is 16.9 Å². The molecule has 5 atom stereocenters. The Morgan fingerprint density at radius 2 is 2.35 bits per heavy atom. The summed E-state index contributed by atoms with van der Waals surface area (Å²) in [6.45, 7) is 1.39. The van der Waals surface area contributed by atoms with Gasteiger partial charge in [0, 0.05) is 0 Å². The van der Waals surface area contributed by atoms with Crippen molar-refractivity contribution in [3.05, 3.63) is 16.7 Å². The van der Waals surface area contributed by atoms with Crippen LogP contribution in [-0.2, 0) is 4.74 Å². The van der Waals surface area contributed by atoms with E-state index in [-0.39, 0.29) is 17.1 Å². The molecule has 0 radical (unpaired) electrons. The highest BCUT2D eigenvalue weighted by Crippen LogP contribution is 2.40. The Balaban J connectivity index is 2.18. The standard InChI is InChI=1S/C13H15N5O5/c1-3-13(22)8(20)7(5(2)19)23-11(13)18-4-15-6-9(18)16-12(14)17-10(6)21/h1,4-5,7-8,11,19-20,22H,2H3,(H3,14,16,17,21)/t5-,7+,8-,11+,13?/m0/s1. The van der Waals surface area contributed by atoms with E-state index in [9.17, 15) is 20.1 Å². The van der Waals surface area contributed by atoms with Gasteiger partial charge in [-0.1, -0.05) is 5.92 Å². The van der Waals surface area contributed by atoms with Gasteiger partial charge in [-0.2, -0.15) is 4.98 Å². The molecule has 10 heteroatoms. The zero-order chi connectivity index (χ0) is 16.9. The molecule has 1 aliphatic rings. The van der Waals surface area contributed by atoms with E-state index >= 15 is 0 Å². The van der Waals surface area contributed by atoms with Gasteiger partial charge in [0.1, 0.15) is 12.2 Å². The molecule has 10 nitrogen and oxygen atoms in total. The third kappa shape index (κ3) is 2.10. The number of aromatic nitrogens is 4. The van der Waals surface area contributed by atoms with E-state index in [0.29, 0.717) is 0 Å². The Kier molecular flexibility index (Phi) is 3.38. The van der Waals surface area contributed by atoms with Crippen LogP contribution in [-0.4, -0.2) is 58.8 Å². The predicted molar refractivity (Wildman–Crippen MR) is 77.9 cm³/mol. The van der Waals surface area contributed by atoms with Crippen molar-refractivity contribution >= 4 is 17.1 Å². The number of nitrogens with two attached hydrogens (primary N) is 1. The highest BCUT2D eigenvalue weighted by atomic mass is 16.6. The van der Waals surface area contributed by atoms with Crippen molar-refractivity contribution in [3.63, 3.8) is 0 Å². The van der Waals surface area contributed by atoms with Gasteiger partial charge in [0.2, 0.25) is 5.95 Å². The van der Waals surface area contributed by atoms with Crippen LogP contribution in [0.5, 0.6) is 0 Å². The maximum Gasteiger partial charge on any atom is 0.280 e. The van der Waals surface area contributed by atoms with Crippen LogP contribution in [0.25, 0.3) is 11.2 Å². The molecule has 0 bridgehead atoms. The lowest BCUT2D eigenvalue weighted by Crippen LogP contribution is -2.47.